The summed E-state index contributed by atoms with van der Waals surface area (Å²) in [7, 11) is 0. The Hall–Kier alpha value is -4.48. The molecule has 1 amide bonds. The number of nitriles is 1. The summed E-state index contributed by atoms with van der Waals surface area (Å²) in [5.41, 5.74) is -5.51. The third-order valence-corrected chi connectivity index (χ3v) is 5.33. The van der Waals surface area contributed by atoms with E-state index in [1.54, 1.807) is 6.07 Å². The van der Waals surface area contributed by atoms with Crippen molar-refractivity contribution in [3.63, 3.8) is 0 Å². The summed E-state index contributed by atoms with van der Waals surface area (Å²) in [6, 6.07) is 10.3. The predicted molar refractivity (Wildman–Crippen MR) is 116 cm³/mol. The first-order valence-electron chi connectivity index (χ1n) is 10.7. The third-order valence-electron chi connectivity index (χ3n) is 5.33. The molecular weight excluding hydrogens is 566 g/mol. The lowest BCUT2D eigenvalue weighted by Gasteiger charge is -2.34. The van der Waals surface area contributed by atoms with Gasteiger partial charge in [-0.2, -0.15) is 18.4 Å². The van der Waals surface area contributed by atoms with Crippen molar-refractivity contribution in [2.75, 3.05) is 0 Å². The maximum Gasteiger partial charge on any atom is 0.573 e. The van der Waals surface area contributed by atoms with E-state index < -0.39 is 65.2 Å². The molecule has 0 radical (unpaired) electrons. The molecule has 40 heavy (non-hydrogen) atoms. The molecular formula is C25H14F10N2O3. The van der Waals surface area contributed by atoms with Gasteiger partial charge in [-0.25, -0.2) is 4.39 Å². The van der Waals surface area contributed by atoms with E-state index in [0.717, 1.165) is 48.5 Å². The maximum atomic E-state index is 13.8. The van der Waals surface area contributed by atoms with Crippen LogP contribution in [-0.4, -0.2) is 18.6 Å². The van der Waals surface area contributed by atoms with E-state index >= 15 is 0 Å². The van der Waals surface area contributed by atoms with Crippen LogP contribution < -0.4 is 14.8 Å². The van der Waals surface area contributed by atoms with Crippen LogP contribution in [0, 0.1) is 17.1 Å². The molecule has 0 spiro atoms. The Morgan fingerprint density at radius 1 is 0.775 bits per heavy atom. The van der Waals surface area contributed by atoms with E-state index in [0.29, 0.717) is 12.1 Å². The van der Waals surface area contributed by atoms with E-state index in [-0.39, 0.29) is 17.2 Å². The van der Waals surface area contributed by atoms with Crippen LogP contribution in [0.4, 0.5) is 43.9 Å². The Morgan fingerprint density at radius 2 is 1.27 bits per heavy atom. The SMILES string of the molecule is N#CCC(NC(=O)c1ccc(F)c(C(F)(F)F)c1)(c1cccc(OC(F)(F)F)c1)c1cccc(OC(F)(F)F)c1. The quantitative estimate of drug-likeness (QED) is 0.300. The van der Waals surface area contributed by atoms with Crippen LogP contribution in [-0.2, 0) is 11.7 Å². The number of hydrogen-bond acceptors (Lipinski definition) is 4. The minimum atomic E-state index is -5.21. The number of nitrogens with one attached hydrogen (secondary N) is 1. The minimum Gasteiger partial charge on any atom is -0.406 e. The first kappa shape index (κ1) is 30.1. The number of hydrogen-bond donors (Lipinski definition) is 1. The summed E-state index contributed by atoms with van der Waals surface area (Å²) in [4.78, 5) is 13.2. The highest BCUT2D eigenvalue weighted by atomic mass is 19.4. The Labute approximate surface area is 218 Å². The number of benzene rings is 3. The first-order chi connectivity index (χ1) is 18.4. The normalized spacial score (nSPS) is 12.4. The van der Waals surface area contributed by atoms with Crippen LogP contribution >= 0.6 is 0 Å². The largest absolute Gasteiger partial charge is 0.573 e. The van der Waals surface area contributed by atoms with Gasteiger partial charge >= 0.3 is 18.9 Å². The number of carbonyl (C=O) groups is 1. The van der Waals surface area contributed by atoms with Gasteiger partial charge in [-0.15, -0.1) is 26.3 Å². The summed E-state index contributed by atoms with van der Waals surface area (Å²) in [5, 5.41) is 11.8. The van der Waals surface area contributed by atoms with Crippen molar-refractivity contribution in [2.24, 2.45) is 0 Å². The number of halogens is 10. The minimum absolute atomic E-state index is 0.161. The Kier molecular flexibility index (Phi) is 8.23. The van der Waals surface area contributed by atoms with Gasteiger partial charge in [0, 0.05) is 5.56 Å². The fraction of sp³-hybridized carbons (Fsp3) is 0.200. The fourth-order valence-electron chi connectivity index (χ4n) is 3.74. The predicted octanol–water partition coefficient (Wildman–Crippen LogP) is 7.23. The molecule has 1 N–H and O–H groups in total. The summed E-state index contributed by atoms with van der Waals surface area (Å²) < 4.78 is 138. The second-order valence-corrected chi connectivity index (χ2v) is 8.04. The topological polar surface area (TPSA) is 71.4 Å². The molecule has 212 valence electrons. The van der Waals surface area contributed by atoms with Crippen molar-refractivity contribution in [3.8, 4) is 17.6 Å². The van der Waals surface area contributed by atoms with Crippen LogP contribution in [0.3, 0.4) is 0 Å². The molecule has 5 nitrogen and oxygen atoms in total. The fourth-order valence-corrected chi connectivity index (χ4v) is 3.74. The zero-order valence-electron chi connectivity index (χ0n) is 19.5. The van der Waals surface area contributed by atoms with Crippen molar-refractivity contribution in [2.45, 2.75) is 30.9 Å². The number of alkyl halides is 9. The maximum absolute atomic E-state index is 13.8. The van der Waals surface area contributed by atoms with Gasteiger partial charge in [0.05, 0.1) is 18.1 Å². The molecule has 15 heteroatoms. The van der Waals surface area contributed by atoms with E-state index in [9.17, 15) is 54.0 Å². The van der Waals surface area contributed by atoms with Crippen LogP contribution in [0.15, 0.2) is 66.7 Å². The summed E-state index contributed by atoms with van der Waals surface area (Å²) in [5.74, 6) is -4.76. The third kappa shape index (κ3) is 7.33. The van der Waals surface area contributed by atoms with Gasteiger partial charge < -0.3 is 14.8 Å². The highest BCUT2D eigenvalue weighted by Crippen LogP contribution is 2.39. The van der Waals surface area contributed by atoms with Crippen LogP contribution in [0.5, 0.6) is 11.5 Å². The number of amides is 1. The molecule has 0 aliphatic heterocycles. The van der Waals surface area contributed by atoms with Gasteiger partial charge in [-0.1, -0.05) is 24.3 Å². The number of ether oxygens (including phenoxy) is 2. The number of nitrogens with zero attached hydrogens (tertiary/aromatic N) is 1. The van der Waals surface area contributed by atoms with Gasteiger partial charge in [-0.05, 0) is 53.6 Å². The zero-order valence-corrected chi connectivity index (χ0v) is 19.5. The Bertz CT molecular complexity index is 1370. The molecule has 0 saturated carbocycles. The van der Waals surface area contributed by atoms with Crippen molar-refractivity contribution < 1.29 is 58.2 Å². The lowest BCUT2D eigenvalue weighted by Crippen LogP contribution is -2.47. The highest BCUT2D eigenvalue weighted by molar-refractivity contribution is 5.95. The summed E-state index contributed by atoms with van der Waals surface area (Å²) >= 11 is 0. The van der Waals surface area contributed by atoms with E-state index in [2.05, 4.69) is 14.8 Å². The van der Waals surface area contributed by atoms with Crippen LogP contribution in [0.2, 0.25) is 0 Å². The standard InChI is InChI=1S/C25H14F10N2O3/c26-20-8-7-14(11-19(20)23(27,28)29)21(38)37-22(9-10-36,15-3-1-5-17(12-15)39-24(30,31)32)16-4-2-6-18(13-16)40-25(33,34)35/h1-8,11-13H,9H2,(H,37,38). The molecule has 3 aromatic carbocycles. The van der Waals surface area contributed by atoms with Gasteiger partial charge in [-0.3, -0.25) is 4.79 Å². The summed E-state index contributed by atoms with van der Waals surface area (Å²) in [6.45, 7) is 0. The summed E-state index contributed by atoms with van der Waals surface area (Å²) in [6.07, 6.45) is -16.4. The van der Waals surface area contributed by atoms with Crippen molar-refractivity contribution in [1.82, 2.24) is 5.32 Å². The zero-order chi connectivity index (χ0) is 29.9. The van der Waals surface area contributed by atoms with Crippen molar-refractivity contribution in [3.05, 3.63) is 94.8 Å². The lowest BCUT2D eigenvalue weighted by molar-refractivity contribution is -0.275. The van der Waals surface area contributed by atoms with Gasteiger partial charge in [0.25, 0.3) is 5.91 Å². The molecule has 0 aliphatic carbocycles. The lowest BCUT2D eigenvalue weighted by atomic mass is 9.79. The number of carbonyl (C=O) groups excluding carboxylic acids is 1. The average Bonchev–Trinajstić information content (AvgIpc) is 2.81. The van der Waals surface area contributed by atoms with Crippen molar-refractivity contribution >= 4 is 5.91 Å². The smallest absolute Gasteiger partial charge is 0.406 e. The van der Waals surface area contributed by atoms with Crippen molar-refractivity contribution in [1.29, 1.82) is 5.26 Å². The van der Waals surface area contributed by atoms with Gasteiger partial charge in [0.1, 0.15) is 22.9 Å². The second kappa shape index (κ2) is 10.9. The van der Waals surface area contributed by atoms with E-state index in [1.807, 2.05) is 0 Å². The molecule has 0 aliphatic rings. The number of rotatable bonds is 7. The van der Waals surface area contributed by atoms with Gasteiger partial charge in [0.2, 0.25) is 0 Å². The van der Waals surface area contributed by atoms with Crippen LogP contribution in [0.1, 0.15) is 33.5 Å². The first-order valence-corrected chi connectivity index (χ1v) is 10.7. The Morgan fingerprint density at radius 3 is 1.70 bits per heavy atom. The molecule has 0 unspecified atom stereocenters. The molecule has 3 aromatic rings. The van der Waals surface area contributed by atoms with E-state index in [1.165, 1.54) is 0 Å². The van der Waals surface area contributed by atoms with Crippen LogP contribution in [0.25, 0.3) is 0 Å². The molecule has 3 rings (SSSR count). The monoisotopic (exact) mass is 580 g/mol. The van der Waals surface area contributed by atoms with Gasteiger partial charge in [0.15, 0.2) is 0 Å². The molecule has 0 atom stereocenters. The molecule has 0 aromatic heterocycles. The molecule has 0 heterocycles. The molecule has 0 bridgehead atoms. The highest BCUT2D eigenvalue weighted by Gasteiger charge is 2.40. The average molecular weight is 580 g/mol. The van der Waals surface area contributed by atoms with E-state index in [4.69, 9.17) is 0 Å². The Balaban J connectivity index is 2.23. The molecule has 0 saturated heterocycles. The second-order valence-electron chi connectivity index (χ2n) is 8.04. The molecule has 0 fully saturated rings.